The molecule has 0 spiro atoms. The van der Waals surface area contributed by atoms with Crippen LogP contribution in [0, 0.1) is 0 Å². The molecule has 1 amide bonds. The maximum absolute atomic E-state index is 12.2. The molecule has 0 fully saturated rings. The summed E-state index contributed by atoms with van der Waals surface area (Å²) in [5.74, 6) is -0.530. The molecule has 0 saturated heterocycles. The van der Waals surface area contributed by atoms with Gasteiger partial charge in [0.25, 0.3) is 0 Å². The minimum absolute atomic E-state index is 0.130. The van der Waals surface area contributed by atoms with Gasteiger partial charge in [-0.2, -0.15) is 0 Å². The Morgan fingerprint density at radius 3 is 2.21 bits per heavy atom. The zero-order valence-corrected chi connectivity index (χ0v) is 14.6. The van der Waals surface area contributed by atoms with E-state index in [4.69, 9.17) is 9.47 Å². The van der Waals surface area contributed by atoms with E-state index in [0.717, 1.165) is 5.56 Å². The molecule has 24 heavy (non-hydrogen) atoms. The molecule has 0 aromatic heterocycles. The van der Waals surface area contributed by atoms with Crippen molar-refractivity contribution >= 4 is 28.0 Å². The van der Waals surface area contributed by atoms with Crippen molar-refractivity contribution in [1.82, 2.24) is 5.32 Å². The third-order valence-corrected chi connectivity index (χ3v) is 3.49. The van der Waals surface area contributed by atoms with E-state index in [1.807, 2.05) is 36.4 Å². The molecule has 1 atom stereocenters. The summed E-state index contributed by atoms with van der Waals surface area (Å²) >= 11 is 3.20. The van der Waals surface area contributed by atoms with Crippen LogP contribution in [0.4, 0.5) is 4.79 Å². The number of hydrogen-bond donors (Lipinski definition) is 1. The Balaban J connectivity index is 1.99. The number of amides is 1. The van der Waals surface area contributed by atoms with Crippen molar-refractivity contribution in [2.75, 3.05) is 11.9 Å². The van der Waals surface area contributed by atoms with E-state index in [0.29, 0.717) is 10.9 Å². The van der Waals surface area contributed by atoms with Gasteiger partial charge in [0, 0.05) is 5.33 Å². The minimum Gasteiger partial charge on any atom is -0.463 e. The molecule has 0 heterocycles. The SMILES string of the molecule is O=C(N[C@H](C(=O)OCCBr)c1ccccc1)OCc1ccccc1. The van der Waals surface area contributed by atoms with E-state index >= 15 is 0 Å². The molecule has 2 aromatic carbocycles. The zero-order chi connectivity index (χ0) is 17.2. The molecule has 0 aliphatic carbocycles. The Hall–Kier alpha value is -2.34. The first-order chi connectivity index (χ1) is 11.7. The number of hydrogen-bond acceptors (Lipinski definition) is 4. The van der Waals surface area contributed by atoms with Gasteiger partial charge in [0.05, 0.1) is 0 Å². The van der Waals surface area contributed by atoms with Crippen molar-refractivity contribution in [2.24, 2.45) is 0 Å². The summed E-state index contributed by atoms with van der Waals surface area (Å²) in [5, 5.41) is 3.09. The van der Waals surface area contributed by atoms with Gasteiger partial charge in [0.15, 0.2) is 6.04 Å². The van der Waals surface area contributed by atoms with Gasteiger partial charge in [0.2, 0.25) is 0 Å². The van der Waals surface area contributed by atoms with Gasteiger partial charge < -0.3 is 14.8 Å². The summed E-state index contributed by atoms with van der Waals surface area (Å²) in [5.41, 5.74) is 1.50. The van der Waals surface area contributed by atoms with Crippen LogP contribution in [0.3, 0.4) is 0 Å². The maximum Gasteiger partial charge on any atom is 0.408 e. The second kappa shape index (κ2) is 9.72. The van der Waals surface area contributed by atoms with E-state index in [1.165, 1.54) is 0 Å². The van der Waals surface area contributed by atoms with Crippen LogP contribution in [-0.2, 0) is 20.9 Å². The zero-order valence-electron chi connectivity index (χ0n) is 13.0. The van der Waals surface area contributed by atoms with Gasteiger partial charge >= 0.3 is 12.1 Å². The van der Waals surface area contributed by atoms with E-state index in [-0.39, 0.29) is 13.2 Å². The highest BCUT2D eigenvalue weighted by atomic mass is 79.9. The first-order valence-corrected chi connectivity index (χ1v) is 8.57. The molecule has 0 aliphatic heterocycles. The molecular formula is C18H18BrNO4. The second-order valence-electron chi connectivity index (χ2n) is 4.91. The van der Waals surface area contributed by atoms with Gasteiger partial charge in [0.1, 0.15) is 13.2 Å². The van der Waals surface area contributed by atoms with Gasteiger partial charge in [-0.3, -0.25) is 0 Å². The quantitative estimate of drug-likeness (QED) is 0.578. The topological polar surface area (TPSA) is 64.6 Å². The number of nitrogens with one attached hydrogen (secondary N) is 1. The first-order valence-electron chi connectivity index (χ1n) is 7.45. The summed E-state index contributed by atoms with van der Waals surface area (Å²) in [6.07, 6.45) is -0.677. The average Bonchev–Trinajstić information content (AvgIpc) is 2.64. The fourth-order valence-corrected chi connectivity index (χ4v) is 2.19. The maximum atomic E-state index is 12.2. The van der Waals surface area contributed by atoms with Crippen LogP contribution < -0.4 is 5.32 Å². The minimum atomic E-state index is -0.909. The van der Waals surface area contributed by atoms with Gasteiger partial charge in [-0.05, 0) is 11.1 Å². The Labute approximate surface area is 149 Å². The van der Waals surface area contributed by atoms with Crippen LogP contribution in [0.5, 0.6) is 0 Å². The Kier molecular flexibility index (Phi) is 7.29. The monoisotopic (exact) mass is 391 g/mol. The molecule has 0 bridgehead atoms. The number of carbonyl (C=O) groups excluding carboxylic acids is 2. The van der Waals surface area contributed by atoms with Gasteiger partial charge in [-0.1, -0.05) is 76.6 Å². The van der Waals surface area contributed by atoms with Crippen LogP contribution >= 0.6 is 15.9 Å². The summed E-state index contributed by atoms with van der Waals surface area (Å²) in [6.45, 7) is 0.355. The van der Waals surface area contributed by atoms with Gasteiger partial charge in [-0.25, -0.2) is 9.59 Å². The Morgan fingerprint density at radius 2 is 1.58 bits per heavy atom. The molecule has 0 unspecified atom stereocenters. The number of carbonyl (C=O) groups is 2. The number of alkyl halides is 1. The number of esters is 1. The highest BCUT2D eigenvalue weighted by molar-refractivity contribution is 9.09. The number of rotatable bonds is 7. The Morgan fingerprint density at radius 1 is 0.958 bits per heavy atom. The van der Waals surface area contributed by atoms with Crippen LogP contribution in [0.25, 0.3) is 0 Å². The lowest BCUT2D eigenvalue weighted by molar-refractivity contribution is -0.145. The predicted octanol–water partition coefficient (Wildman–Crippen LogP) is 3.59. The summed E-state index contributed by atoms with van der Waals surface area (Å²) in [6, 6.07) is 17.3. The summed E-state index contributed by atoms with van der Waals surface area (Å²) in [7, 11) is 0. The Bertz CT molecular complexity index is 649. The molecule has 126 valence electrons. The fourth-order valence-electron chi connectivity index (χ4n) is 2.03. The molecular weight excluding hydrogens is 374 g/mol. The van der Waals surface area contributed by atoms with E-state index < -0.39 is 18.1 Å². The lowest BCUT2D eigenvalue weighted by Gasteiger charge is -2.17. The van der Waals surface area contributed by atoms with Crippen molar-refractivity contribution in [1.29, 1.82) is 0 Å². The summed E-state index contributed by atoms with van der Waals surface area (Å²) in [4.78, 5) is 24.2. The lowest BCUT2D eigenvalue weighted by Crippen LogP contribution is -2.35. The number of halogens is 1. The van der Waals surface area contributed by atoms with Crippen molar-refractivity contribution < 1.29 is 19.1 Å². The predicted molar refractivity (Wildman–Crippen MR) is 93.7 cm³/mol. The van der Waals surface area contributed by atoms with Crippen molar-refractivity contribution in [3.63, 3.8) is 0 Å². The molecule has 6 heteroatoms. The summed E-state index contributed by atoms with van der Waals surface area (Å²) < 4.78 is 10.3. The second-order valence-corrected chi connectivity index (χ2v) is 5.70. The highest BCUT2D eigenvalue weighted by Gasteiger charge is 2.24. The third-order valence-electron chi connectivity index (χ3n) is 3.17. The third kappa shape index (κ3) is 5.70. The van der Waals surface area contributed by atoms with Crippen molar-refractivity contribution in [3.8, 4) is 0 Å². The van der Waals surface area contributed by atoms with E-state index in [2.05, 4.69) is 21.2 Å². The van der Waals surface area contributed by atoms with Crippen molar-refractivity contribution in [3.05, 3.63) is 71.8 Å². The van der Waals surface area contributed by atoms with E-state index in [1.54, 1.807) is 24.3 Å². The largest absolute Gasteiger partial charge is 0.463 e. The first kappa shape index (κ1) is 18.0. The van der Waals surface area contributed by atoms with Crippen LogP contribution in [0.1, 0.15) is 17.2 Å². The molecule has 1 N–H and O–H groups in total. The lowest BCUT2D eigenvalue weighted by atomic mass is 10.1. The molecule has 5 nitrogen and oxygen atoms in total. The van der Waals surface area contributed by atoms with Crippen LogP contribution in [-0.4, -0.2) is 24.0 Å². The van der Waals surface area contributed by atoms with Crippen molar-refractivity contribution in [2.45, 2.75) is 12.6 Å². The number of ether oxygens (including phenoxy) is 2. The fraction of sp³-hybridized carbons (Fsp3) is 0.222. The molecule has 2 rings (SSSR count). The number of alkyl carbamates (subject to hydrolysis) is 1. The molecule has 2 aromatic rings. The standard InChI is InChI=1S/C18H18BrNO4/c19-11-12-23-17(21)16(15-9-5-2-6-10-15)20-18(22)24-13-14-7-3-1-4-8-14/h1-10,16H,11-13H2,(H,20,22)/t16-/m0/s1. The van der Waals surface area contributed by atoms with Crippen LogP contribution in [0.15, 0.2) is 60.7 Å². The van der Waals surface area contributed by atoms with Crippen LogP contribution in [0.2, 0.25) is 0 Å². The highest BCUT2D eigenvalue weighted by Crippen LogP contribution is 2.15. The smallest absolute Gasteiger partial charge is 0.408 e. The van der Waals surface area contributed by atoms with Gasteiger partial charge in [-0.15, -0.1) is 0 Å². The van der Waals surface area contributed by atoms with E-state index in [9.17, 15) is 9.59 Å². The number of benzene rings is 2. The molecule has 0 saturated carbocycles. The molecule has 0 aliphatic rings. The molecule has 0 radical (unpaired) electrons. The normalized spacial score (nSPS) is 11.4. The average molecular weight is 392 g/mol.